The molecule has 0 radical (unpaired) electrons. The van der Waals surface area contributed by atoms with Crippen LogP contribution in [0.3, 0.4) is 0 Å². The average Bonchev–Trinajstić information content (AvgIpc) is 3.10. The molecule has 1 aliphatic rings. The van der Waals surface area contributed by atoms with E-state index in [4.69, 9.17) is 4.52 Å². The molecule has 4 heterocycles. The fourth-order valence-electron chi connectivity index (χ4n) is 3.54. The molecule has 6 rings (SSSR count). The predicted octanol–water partition coefficient (Wildman–Crippen LogP) is 4.08. The highest BCUT2D eigenvalue weighted by Crippen LogP contribution is 2.40. The quantitative estimate of drug-likeness (QED) is 0.459. The molecule has 0 N–H and O–H groups in total. The summed E-state index contributed by atoms with van der Waals surface area (Å²) in [4.78, 5) is 12.9. The van der Waals surface area contributed by atoms with Gasteiger partial charge >= 0.3 is 6.18 Å². The molecule has 140 valence electrons. The molecule has 1 aliphatic carbocycles. The zero-order chi connectivity index (χ0) is 19.0. The summed E-state index contributed by atoms with van der Waals surface area (Å²) in [5, 5.41) is 3.95. The molecule has 4 aromatic heterocycles. The summed E-state index contributed by atoms with van der Waals surface area (Å²) in [6, 6.07) is 4.05. The molecule has 10 heteroatoms. The van der Waals surface area contributed by atoms with Crippen LogP contribution in [-0.4, -0.2) is 28.9 Å². The van der Waals surface area contributed by atoms with Gasteiger partial charge in [-0.1, -0.05) is 11.2 Å². The molecule has 0 atom stereocenters. The number of nitrogens with zero attached hydrogens (tertiary/aromatic N) is 6. The Morgan fingerprint density at radius 3 is 2.75 bits per heavy atom. The zero-order valence-corrected chi connectivity index (χ0v) is 14.2. The third kappa shape index (κ3) is 2.11. The maximum absolute atomic E-state index is 13.7. The number of hydrogen-bond acceptors (Lipinski definition) is 5. The van der Waals surface area contributed by atoms with Crippen LogP contribution in [0.5, 0.6) is 0 Å². The highest BCUT2D eigenvalue weighted by Gasteiger charge is 2.35. The second kappa shape index (κ2) is 5.09. The Kier molecular flexibility index (Phi) is 2.84. The third-order valence-electron chi connectivity index (χ3n) is 5.00. The van der Waals surface area contributed by atoms with E-state index >= 15 is 0 Å². The van der Waals surface area contributed by atoms with Crippen molar-refractivity contribution in [3.05, 3.63) is 48.4 Å². The van der Waals surface area contributed by atoms with Crippen molar-refractivity contribution in [3.63, 3.8) is 0 Å². The van der Waals surface area contributed by atoms with Crippen LogP contribution in [0, 0.1) is 0 Å². The van der Waals surface area contributed by atoms with Gasteiger partial charge in [-0.05, 0) is 25.0 Å². The number of rotatable bonds is 2. The molecular formula is C18H11F3N6O. The van der Waals surface area contributed by atoms with Gasteiger partial charge in [0.2, 0.25) is 11.7 Å². The molecule has 0 saturated heterocycles. The van der Waals surface area contributed by atoms with Crippen molar-refractivity contribution < 1.29 is 17.7 Å². The van der Waals surface area contributed by atoms with Crippen LogP contribution in [0.1, 0.15) is 30.2 Å². The van der Waals surface area contributed by atoms with Crippen LogP contribution in [0.15, 0.2) is 41.4 Å². The molecule has 5 aromatic rings. The minimum absolute atomic E-state index is 0.00217. The fourth-order valence-corrected chi connectivity index (χ4v) is 3.54. The van der Waals surface area contributed by atoms with E-state index in [0.29, 0.717) is 22.7 Å². The lowest BCUT2D eigenvalue weighted by molar-refractivity contribution is -0.136. The Bertz CT molecular complexity index is 1380. The first-order valence-corrected chi connectivity index (χ1v) is 8.68. The van der Waals surface area contributed by atoms with Crippen LogP contribution < -0.4 is 0 Å². The Morgan fingerprint density at radius 2 is 1.96 bits per heavy atom. The van der Waals surface area contributed by atoms with Crippen molar-refractivity contribution in [1.82, 2.24) is 28.9 Å². The molecular weight excluding hydrogens is 373 g/mol. The normalized spacial score (nSPS) is 15.2. The first-order chi connectivity index (χ1) is 13.5. The van der Waals surface area contributed by atoms with Gasteiger partial charge in [-0.3, -0.25) is 8.80 Å². The van der Waals surface area contributed by atoms with E-state index in [1.54, 1.807) is 27.3 Å². The third-order valence-corrected chi connectivity index (χ3v) is 5.00. The molecule has 0 bridgehead atoms. The van der Waals surface area contributed by atoms with E-state index < -0.39 is 11.7 Å². The number of hydrogen-bond donors (Lipinski definition) is 0. The van der Waals surface area contributed by atoms with Gasteiger partial charge < -0.3 is 4.52 Å². The minimum Gasteiger partial charge on any atom is -0.339 e. The van der Waals surface area contributed by atoms with Crippen LogP contribution in [-0.2, 0) is 6.18 Å². The first kappa shape index (κ1) is 15.6. The summed E-state index contributed by atoms with van der Waals surface area (Å²) in [6.45, 7) is 0. The van der Waals surface area contributed by atoms with Crippen LogP contribution in [0.25, 0.3) is 33.7 Å². The zero-order valence-electron chi connectivity index (χ0n) is 14.2. The Balaban J connectivity index is 1.71. The van der Waals surface area contributed by atoms with Crippen LogP contribution >= 0.6 is 0 Å². The van der Waals surface area contributed by atoms with E-state index in [1.807, 2.05) is 0 Å². The van der Waals surface area contributed by atoms with Crippen LogP contribution in [0.2, 0.25) is 0 Å². The van der Waals surface area contributed by atoms with Gasteiger partial charge in [-0.15, -0.1) is 0 Å². The summed E-state index contributed by atoms with van der Waals surface area (Å²) < 4.78 is 49.5. The van der Waals surface area contributed by atoms with E-state index in [-0.39, 0.29) is 22.8 Å². The van der Waals surface area contributed by atoms with Crippen molar-refractivity contribution in [3.8, 4) is 11.5 Å². The SMILES string of the molecule is FC(F)(F)c1cccc2c1c1nc(-c3noc(C4CC4)n3)cn1c1cncn21. The molecule has 1 aromatic carbocycles. The standard InChI is InChI=1S/C18H11F3N6O/c19-18(20,21)10-2-1-3-12-14(10)16-23-11(7-26(16)13-6-22-8-27(12)13)15-24-17(28-25-15)9-4-5-9/h1-3,6-9H,4-5H2. The topological polar surface area (TPSA) is 73.5 Å². The lowest BCUT2D eigenvalue weighted by Gasteiger charge is -2.12. The number of fused-ring (bicyclic) bond motifs is 6. The smallest absolute Gasteiger partial charge is 0.339 e. The number of halogens is 3. The summed E-state index contributed by atoms with van der Waals surface area (Å²) in [6.07, 6.45) is 2.15. The highest BCUT2D eigenvalue weighted by atomic mass is 19.4. The molecule has 1 fully saturated rings. The van der Waals surface area contributed by atoms with E-state index in [0.717, 1.165) is 18.9 Å². The van der Waals surface area contributed by atoms with Gasteiger partial charge in [0.1, 0.15) is 23.3 Å². The number of imidazole rings is 2. The molecule has 0 spiro atoms. The number of alkyl halides is 3. The Labute approximate surface area is 154 Å². The second-order valence-electron chi connectivity index (χ2n) is 6.87. The van der Waals surface area contributed by atoms with Gasteiger partial charge in [0.05, 0.1) is 22.7 Å². The Hall–Kier alpha value is -3.43. The monoisotopic (exact) mass is 384 g/mol. The largest absolute Gasteiger partial charge is 0.417 e. The van der Waals surface area contributed by atoms with Gasteiger partial charge in [0.15, 0.2) is 0 Å². The Morgan fingerprint density at radius 1 is 1.11 bits per heavy atom. The summed E-state index contributed by atoms with van der Waals surface area (Å²) >= 11 is 0. The van der Waals surface area contributed by atoms with Crippen molar-refractivity contribution in [1.29, 1.82) is 0 Å². The van der Waals surface area contributed by atoms with Gasteiger partial charge in [0.25, 0.3) is 0 Å². The lowest BCUT2D eigenvalue weighted by atomic mass is 10.1. The fraction of sp³-hybridized carbons (Fsp3) is 0.222. The van der Waals surface area contributed by atoms with E-state index in [1.165, 1.54) is 12.4 Å². The minimum atomic E-state index is -4.52. The molecule has 0 amide bonds. The molecule has 0 aliphatic heterocycles. The second-order valence-corrected chi connectivity index (χ2v) is 6.87. The highest BCUT2D eigenvalue weighted by molar-refractivity contribution is 5.97. The van der Waals surface area contributed by atoms with Crippen molar-refractivity contribution >= 4 is 22.2 Å². The summed E-state index contributed by atoms with van der Waals surface area (Å²) in [5.41, 5.74) is 0.728. The lowest BCUT2D eigenvalue weighted by Crippen LogP contribution is -2.08. The summed E-state index contributed by atoms with van der Waals surface area (Å²) in [5.74, 6) is 1.08. The molecule has 7 nitrogen and oxygen atoms in total. The molecule has 1 saturated carbocycles. The van der Waals surface area contributed by atoms with Gasteiger partial charge in [-0.2, -0.15) is 18.2 Å². The molecule has 0 unspecified atom stereocenters. The van der Waals surface area contributed by atoms with E-state index in [9.17, 15) is 13.2 Å². The average molecular weight is 384 g/mol. The van der Waals surface area contributed by atoms with Crippen LogP contribution in [0.4, 0.5) is 13.2 Å². The van der Waals surface area contributed by atoms with Crippen molar-refractivity contribution in [2.24, 2.45) is 0 Å². The molecule has 28 heavy (non-hydrogen) atoms. The summed E-state index contributed by atoms with van der Waals surface area (Å²) in [7, 11) is 0. The number of aromatic nitrogens is 6. The van der Waals surface area contributed by atoms with Crippen molar-refractivity contribution in [2.75, 3.05) is 0 Å². The predicted molar refractivity (Wildman–Crippen MR) is 91.7 cm³/mol. The maximum Gasteiger partial charge on any atom is 0.417 e. The van der Waals surface area contributed by atoms with E-state index in [2.05, 4.69) is 20.1 Å². The van der Waals surface area contributed by atoms with Crippen molar-refractivity contribution in [2.45, 2.75) is 24.9 Å². The first-order valence-electron chi connectivity index (χ1n) is 8.68. The number of benzene rings is 1. The van der Waals surface area contributed by atoms with Gasteiger partial charge in [0, 0.05) is 12.1 Å². The van der Waals surface area contributed by atoms with Gasteiger partial charge in [-0.25, -0.2) is 9.97 Å². The maximum atomic E-state index is 13.7.